The summed E-state index contributed by atoms with van der Waals surface area (Å²) in [5, 5.41) is 10.2. The minimum absolute atomic E-state index is 0.0964. The summed E-state index contributed by atoms with van der Waals surface area (Å²) in [5.74, 6) is -0.211. The van der Waals surface area contributed by atoms with Crippen molar-refractivity contribution in [3.05, 3.63) is 17.9 Å². The van der Waals surface area contributed by atoms with E-state index in [2.05, 4.69) is 4.90 Å². The van der Waals surface area contributed by atoms with E-state index >= 15 is 0 Å². The topological polar surface area (TPSA) is 58.7 Å². The van der Waals surface area contributed by atoms with Gasteiger partial charge in [-0.1, -0.05) is 0 Å². The first-order valence-corrected chi connectivity index (χ1v) is 7.51. The van der Waals surface area contributed by atoms with Crippen molar-refractivity contribution in [1.29, 1.82) is 0 Å². The Balaban J connectivity index is 2.26. The number of halogens is 1. The van der Waals surface area contributed by atoms with Gasteiger partial charge in [0.05, 0.1) is 23.1 Å². The first-order valence-electron chi connectivity index (χ1n) is 7.51. The van der Waals surface area contributed by atoms with Crippen molar-refractivity contribution in [2.24, 2.45) is 0 Å². The zero-order valence-corrected chi connectivity index (χ0v) is 13.0. The van der Waals surface area contributed by atoms with Crippen LogP contribution in [0.2, 0.25) is 0 Å². The molecule has 0 aliphatic carbocycles. The van der Waals surface area contributed by atoms with E-state index in [0.29, 0.717) is 18.7 Å². The third-order valence-corrected chi connectivity index (χ3v) is 3.85. The fourth-order valence-corrected chi connectivity index (χ4v) is 2.68. The Hall–Kier alpha value is -1.49. The third kappa shape index (κ3) is 4.00. The van der Waals surface area contributed by atoms with Crippen LogP contribution in [0.1, 0.15) is 40.0 Å². The van der Waals surface area contributed by atoms with Crippen LogP contribution in [0.15, 0.2) is 12.1 Å². The van der Waals surface area contributed by atoms with Crippen LogP contribution in [0.5, 0.6) is 5.75 Å². The summed E-state index contributed by atoms with van der Waals surface area (Å²) in [5.41, 5.74) is 6.52. The van der Waals surface area contributed by atoms with Gasteiger partial charge in [-0.2, -0.15) is 0 Å². The van der Waals surface area contributed by atoms with Crippen molar-refractivity contribution in [2.75, 3.05) is 23.7 Å². The van der Waals surface area contributed by atoms with E-state index in [4.69, 9.17) is 10.5 Å². The summed E-state index contributed by atoms with van der Waals surface area (Å²) in [4.78, 5) is 2.10. The number of aliphatic hydroxyl groups is 1. The molecule has 1 atom stereocenters. The molecule has 2 rings (SSSR count). The summed E-state index contributed by atoms with van der Waals surface area (Å²) in [6, 6.07) is 2.99. The first-order chi connectivity index (χ1) is 9.78. The molecule has 21 heavy (non-hydrogen) atoms. The second-order valence-electron chi connectivity index (χ2n) is 6.35. The van der Waals surface area contributed by atoms with Crippen LogP contribution in [0, 0.1) is 5.82 Å². The zero-order valence-electron chi connectivity index (χ0n) is 13.0. The molecule has 1 aliphatic heterocycles. The van der Waals surface area contributed by atoms with E-state index in [1.807, 2.05) is 20.8 Å². The van der Waals surface area contributed by atoms with Gasteiger partial charge in [0.2, 0.25) is 0 Å². The van der Waals surface area contributed by atoms with Crippen LogP contribution in [0.3, 0.4) is 0 Å². The molecule has 1 unspecified atom stereocenters. The highest BCUT2D eigenvalue weighted by Gasteiger charge is 2.26. The van der Waals surface area contributed by atoms with Gasteiger partial charge in [0.15, 0.2) is 11.6 Å². The van der Waals surface area contributed by atoms with Gasteiger partial charge < -0.3 is 20.5 Å². The molecule has 1 saturated heterocycles. The Kier molecular flexibility index (Phi) is 4.61. The molecule has 1 aromatic carbocycles. The van der Waals surface area contributed by atoms with Gasteiger partial charge in [0.25, 0.3) is 0 Å². The maximum Gasteiger partial charge on any atom is 0.167 e. The second-order valence-corrected chi connectivity index (χ2v) is 6.35. The number of benzene rings is 1. The van der Waals surface area contributed by atoms with E-state index in [9.17, 15) is 9.50 Å². The molecular formula is C16H25FN2O2. The highest BCUT2D eigenvalue weighted by Crippen LogP contribution is 2.34. The number of ether oxygens (including phenoxy) is 1. The highest BCUT2D eigenvalue weighted by molar-refractivity contribution is 5.70. The molecule has 0 aromatic heterocycles. The third-order valence-electron chi connectivity index (χ3n) is 3.85. The van der Waals surface area contributed by atoms with Crippen LogP contribution in [-0.2, 0) is 0 Å². The van der Waals surface area contributed by atoms with Crippen molar-refractivity contribution in [2.45, 2.75) is 51.7 Å². The van der Waals surface area contributed by atoms with Crippen LogP contribution in [0.25, 0.3) is 0 Å². The van der Waals surface area contributed by atoms with Gasteiger partial charge >= 0.3 is 0 Å². The SMILES string of the molecule is CC(C)Oc1cc(N2CCCC(C)(O)CC2)c(N)cc1F. The normalized spacial score (nSPS) is 23.2. The predicted octanol–water partition coefficient (Wildman–Crippen LogP) is 2.94. The largest absolute Gasteiger partial charge is 0.488 e. The monoisotopic (exact) mass is 296 g/mol. The lowest BCUT2D eigenvalue weighted by Gasteiger charge is -2.26. The molecule has 3 N–H and O–H groups in total. The molecule has 0 radical (unpaired) electrons. The smallest absolute Gasteiger partial charge is 0.167 e. The maximum absolute atomic E-state index is 13.9. The number of hydrogen-bond donors (Lipinski definition) is 2. The molecule has 1 aliphatic rings. The molecule has 4 nitrogen and oxygen atoms in total. The standard InChI is InChI=1S/C16H25FN2O2/c1-11(2)21-15-10-14(13(18)9-12(15)17)19-7-4-5-16(3,20)6-8-19/h9-11,20H,4-8,18H2,1-3H3. The zero-order chi connectivity index (χ0) is 15.6. The van der Waals surface area contributed by atoms with Crippen molar-refractivity contribution < 1.29 is 14.2 Å². The van der Waals surface area contributed by atoms with Crippen molar-refractivity contribution >= 4 is 11.4 Å². The summed E-state index contributed by atoms with van der Waals surface area (Å²) >= 11 is 0. The lowest BCUT2D eigenvalue weighted by atomic mass is 9.98. The summed E-state index contributed by atoms with van der Waals surface area (Å²) in [6.07, 6.45) is 2.22. The van der Waals surface area contributed by atoms with Gasteiger partial charge in [-0.15, -0.1) is 0 Å². The molecule has 1 aromatic rings. The number of nitrogen functional groups attached to an aromatic ring is 1. The first kappa shape index (κ1) is 15.9. The van der Waals surface area contributed by atoms with E-state index in [-0.39, 0.29) is 11.9 Å². The number of nitrogens with zero attached hydrogens (tertiary/aromatic N) is 1. The average Bonchev–Trinajstić information content (AvgIpc) is 2.53. The van der Waals surface area contributed by atoms with Crippen LogP contribution in [-0.4, -0.2) is 29.9 Å². The molecule has 0 bridgehead atoms. The molecular weight excluding hydrogens is 271 g/mol. The van der Waals surface area contributed by atoms with Gasteiger partial charge in [0, 0.05) is 25.2 Å². The number of rotatable bonds is 3. The van der Waals surface area contributed by atoms with E-state index in [1.54, 1.807) is 6.07 Å². The number of hydrogen-bond acceptors (Lipinski definition) is 4. The molecule has 118 valence electrons. The van der Waals surface area contributed by atoms with E-state index in [0.717, 1.165) is 25.1 Å². The van der Waals surface area contributed by atoms with Crippen LogP contribution >= 0.6 is 0 Å². The molecule has 5 heteroatoms. The fourth-order valence-electron chi connectivity index (χ4n) is 2.68. The van der Waals surface area contributed by atoms with E-state index in [1.165, 1.54) is 6.07 Å². The van der Waals surface area contributed by atoms with Gasteiger partial charge in [0.1, 0.15) is 0 Å². The van der Waals surface area contributed by atoms with Crippen LogP contribution in [0.4, 0.5) is 15.8 Å². The molecule has 0 saturated carbocycles. The highest BCUT2D eigenvalue weighted by atomic mass is 19.1. The summed E-state index contributed by atoms with van der Waals surface area (Å²) in [7, 11) is 0. The second kappa shape index (κ2) is 6.10. The predicted molar refractivity (Wildman–Crippen MR) is 83.3 cm³/mol. The minimum Gasteiger partial charge on any atom is -0.488 e. The van der Waals surface area contributed by atoms with Crippen molar-refractivity contribution in [3.8, 4) is 5.75 Å². The van der Waals surface area contributed by atoms with Crippen molar-refractivity contribution in [3.63, 3.8) is 0 Å². The Labute approximate surface area is 125 Å². The number of nitrogens with two attached hydrogens (primary N) is 1. The summed E-state index contributed by atoms with van der Waals surface area (Å²) in [6.45, 7) is 7.08. The molecule has 0 amide bonds. The Morgan fingerprint density at radius 2 is 2.05 bits per heavy atom. The molecule has 1 fully saturated rings. The maximum atomic E-state index is 13.9. The fraction of sp³-hybridized carbons (Fsp3) is 0.625. The van der Waals surface area contributed by atoms with Crippen molar-refractivity contribution in [1.82, 2.24) is 0 Å². The van der Waals surface area contributed by atoms with Gasteiger partial charge in [-0.3, -0.25) is 0 Å². The summed E-state index contributed by atoms with van der Waals surface area (Å²) < 4.78 is 19.4. The number of anilines is 2. The van der Waals surface area contributed by atoms with E-state index < -0.39 is 11.4 Å². The lowest BCUT2D eigenvalue weighted by Crippen LogP contribution is -2.28. The lowest BCUT2D eigenvalue weighted by molar-refractivity contribution is 0.0481. The van der Waals surface area contributed by atoms with Gasteiger partial charge in [-0.05, 0) is 40.0 Å². The molecule has 0 spiro atoms. The quantitative estimate of drug-likeness (QED) is 0.842. The van der Waals surface area contributed by atoms with Crippen LogP contribution < -0.4 is 15.4 Å². The Morgan fingerprint density at radius 3 is 2.71 bits per heavy atom. The average molecular weight is 296 g/mol. The minimum atomic E-state index is -0.638. The Morgan fingerprint density at radius 1 is 1.33 bits per heavy atom. The molecule has 1 heterocycles. The Bertz CT molecular complexity index is 503. The van der Waals surface area contributed by atoms with Gasteiger partial charge in [-0.25, -0.2) is 4.39 Å².